The molecule has 0 saturated heterocycles. The fraction of sp³-hybridized carbons (Fsp3) is 0.812. The van der Waals surface area contributed by atoms with Gasteiger partial charge in [-0.2, -0.15) is 0 Å². The highest BCUT2D eigenvalue weighted by Crippen LogP contribution is 2.19. The Morgan fingerprint density at radius 1 is 1.29 bits per heavy atom. The van der Waals surface area contributed by atoms with Gasteiger partial charge in [0.25, 0.3) is 0 Å². The Balaban J connectivity index is 2.09. The van der Waals surface area contributed by atoms with E-state index in [4.69, 9.17) is 9.47 Å². The molecule has 1 aliphatic rings. The predicted molar refractivity (Wildman–Crippen MR) is 84.4 cm³/mol. The maximum atomic E-state index is 11.7. The zero-order valence-electron chi connectivity index (χ0n) is 13.6. The second-order valence-electron chi connectivity index (χ2n) is 6.50. The Hall–Kier alpha value is -1.07. The highest BCUT2D eigenvalue weighted by molar-refractivity contribution is 5.68. The molecule has 122 valence electrons. The van der Waals surface area contributed by atoms with Crippen molar-refractivity contribution in [2.45, 2.75) is 64.1 Å². The van der Waals surface area contributed by atoms with Gasteiger partial charge in [0.2, 0.25) is 0 Å². The Bertz CT molecular complexity index is 326. The van der Waals surface area contributed by atoms with Crippen LogP contribution in [0.15, 0.2) is 12.7 Å². The zero-order valence-corrected chi connectivity index (χ0v) is 13.6. The average Bonchev–Trinajstić information content (AvgIpc) is 2.78. The van der Waals surface area contributed by atoms with Crippen molar-refractivity contribution in [3.05, 3.63) is 12.7 Å². The number of rotatable bonds is 8. The summed E-state index contributed by atoms with van der Waals surface area (Å²) >= 11 is 0. The summed E-state index contributed by atoms with van der Waals surface area (Å²) in [5.41, 5.74) is -0.441. The number of carbonyl (C=O) groups excluding carboxylic acids is 1. The van der Waals surface area contributed by atoms with E-state index in [0.29, 0.717) is 12.6 Å². The summed E-state index contributed by atoms with van der Waals surface area (Å²) in [5, 5.41) is 6.41. The third-order valence-electron chi connectivity index (χ3n) is 3.30. The minimum absolute atomic E-state index is 0.207. The molecule has 1 amide bonds. The van der Waals surface area contributed by atoms with Gasteiger partial charge in [0, 0.05) is 18.6 Å². The van der Waals surface area contributed by atoms with E-state index >= 15 is 0 Å². The van der Waals surface area contributed by atoms with E-state index in [9.17, 15) is 4.79 Å². The Labute approximate surface area is 128 Å². The van der Waals surface area contributed by atoms with Crippen LogP contribution in [0.25, 0.3) is 0 Å². The molecule has 0 aliphatic heterocycles. The Kier molecular flexibility index (Phi) is 7.75. The molecule has 0 aromatic rings. The van der Waals surface area contributed by atoms with E-state index < -0.39 is 5.60 Å². The first-order valence-corrected chi connectivity index (χ1v) is 7.82. The van der Waals surface area contributed by atoms with Crippen molar-refractivity contribution >= 4 is 6.09 Å². The molecule has 2 atom stereocenters. The van der Waals surface area contributed by atoms with Gasteiger partial charge in [-0.25, -0.2) is 4.79 Å². The number of alkyl carbamates (subject to hydrolysis) is 1. The highest BCUT2D eigenvalue weighted by atomic mass is 16.6. The van der Waals surface area contributed by atoms with Crippen LogP contribution in [-0.4, -0.2) is 43.5 Å². The third-order valence-corrected chi connectivity index (χ3v) is 3.30. The molecule has 1 saturated carbocycles. The molecule has 0 aromatic heterocycles. The van der Waals surface area contributed by atoms with Gasteiger partial charge in [-0.05, 0) is 46.5 Å². The summed E-state index contributed by atoms with van der Waals surface area (Å²) in [7, 11) is 0. The predicted octanol–water partition coefficient (Wildman–Crippen LogP) is 2.61. The lowest BCUT2D eigenvalue weighted by Crippen LogP contribution is -2.39. The zero-order chi connectivity index (χ0) is 15.7. The number of carbonyl (C=O) groups is 1. The maximum Gasteiger partial charge on any atom is 0.407 e. The lowest BCUT2D eigenvalue weighted by atomic mass is 10.2. The molecular formula is C16H30N2O3. The first kappa shape index (κ1) is 18.0. The molecule has 1 rings (SSSR count). The molecule has 0 heterocycles. The fourth-order valence-corrected chi connectivity index (χ4v) is 2.38. The molecular weight excluding hydrogens is 268 g/mol. The largest absolute Gasteiger partial charge is 0.444 e. The first-order chi connectivity index (χ1) is 9.90. The third kappa shape index (κ3) is 8.73. The Morgan fingerprint density at radius 2 is 2.00 bits per heavy atom. The van der Waals surface area contributed by atoms with Gasteiger partial charge in [-0.1, -0.05) is 6.08 Å². The van der Waals surface area contributed by atoms with Gasteiger partial charge in [0.15, 0.2) is 0 Å². The van der Waals surface area contributed by atoms with Gasteiger partial charge in [-0.15, -0.1) is 6.58 Å². The van der Waals surface area contributed by atoms with Crippen molar-refractivity contribution in [3.63, 3.8) is 0 Å². The minimum Gasteiger partial charge on any atom is -0.444 e. The highest BCUT2D eigenvalue weighted by Gasteiger charge is 2.27. The van der Waals surface area contributed by atoms with Gasteiger partial charge in [0.1, 0.15) is 5.60 Å². The van der Waals surface area contributed by atoms with E-state index in [1.807, 2.05) is 26.8 Å². The molecule has 2 N–H and O–H groups in total. The van der Waals surface area contributed by atoms with Crippen LogP contribution in [0.1, 0.15) is 46.5 Å². The monoisotopic (exact) mass is 298 g/mol. The summed E-state index contributed by atoms with van der Waals surface area (Å²) in [5.74, 6) is 0. The van der Waals surface area contributed by atoms with Crippen LogP contribution in [-0.2, 0) is 9.47 Å². The van der Waals surface area contributed by atoms with Crippen LogP contribution in [0, 0.1) is 0 Å². The van der Waals surface area contributed by atoms with Gasteiger partial charge in [-0.3, -0.25) is 0 Å². The molecule has 0 bridgehead atoms. The van der Waals surface area contributed by atoms with Crippen molar-refractivity contribution in [1.82, 2.24) is 10.6 Å². The quantitative estimate of drug-likeness (QED) is 0.534. The molecule has 1 aliphatic carbocycles. The van der Waals surface area contributed by atoms with E-state index in [1.54, 1.807) is 0 Å². The first-order valence-electron chi connectivity index (χ1n) is 7.82. The number of ether oxygens (including phenoxy) is 2. The molecule has 0 radical (unpaired) electrons. The summed E-state index contributed by atoms with van der Waals surface area (Å²) in [4.78, 5) is 11.7. The van der Waals surface area contributed by atoms with Gasteiger partial charge >= 0.3 is 6.09 Å². The van der Waals surface area contributed by atoms with Gasteiger partial charge in [0.05, 0.1) is 13.2 Å². The Morgan fingerprint density at radius 3 is 2.67 bits per heavy atom. The summed E-state index contributed by atoms with van der Waals surface area (Å²) in [6.07, 6.45) is 5.46. The topological polar surface area (TPSA) is 59.6 Å². The van der Waals surface area contributed by atoms with Crippen LogP contribution in [0.5, 0.6) is 0 Å². The van der Waals surface area contributed by atoms with Crippen molar-refractivity contribution < 1.29 is 14.3 Å². The summed E-state index contributed by atoms with van der Waals surface area (Å²) < 4.78 is 10.7. The molecule has 5 nitrogen and oxygen atoms in total. The van der Waals surface area contributed by atoms with Crippen LogP contribution in [0.4, 0.5) is 4.79 Å². The van der Waals surface area contributed by atoms with Crippen molar-refractivity contribution in [3.8, 4) is 0 Å². The second kappa shape index (κ2) is 9.05. The molecule has 0 aromatic carbocycles. The molecule has 1 fully saturated rings. The lowest BCUT2D eigenvalue weighted by Gasteiger charge is -2.21. The lowest BCUT2D eigenvalue weighted by molar-refractivity contribution is 0.0505. The van der Waals surface area contributed by atoms with Crippen LogP contribution < -0.4 is 10.6 Å². The van der Waals surface area contributed by atoms with Crippen LogP contribution >= 0.6 is 0 Å². The van der Waals surface area contributed by atoms with Crippen molar-refractivity contribution in [2.75, 3.05) is 19.8 Å². The van der Waals surface area contributed by atoms with E-state index in [0.717, 1.165) is 38.8 Å². The molecule has 21 heavy (non-hydrogen) atoms. The number of hydrogen-bond acceptors (Lipinski definition) is 4. The standard InChI is InChI=1S/C16H30N2O3/c1-5-6-10-20-11-9-17-13-7-8-14(12-13)18-15(19)21-16(2,3)4/h5,13-14,17H,1,6-12H2,2-4H3,(H,18,19). The number of nitrogens with one attached hydrogen (secondary N) is 2. The minimum atomic E-state index is -0.441. The fourth-order valence-electron chi connectivity index (χ4n) is 2.38. The molecule has 0 spiro atoms. The summed E-state index contributed by atoms with van der Waals surface area (Å²) in [6.45, 7) is 11.6. The van der Waals surface area contributed by atoms with Crippen LogP contribution in [0.2, 0.25) is 0 Å². The average molecular weight is 298 g/mol. The SMILES string of the molecule is C=CCCOCCNC1CCC(NC(=O)OC(C)(C)C)C1. The maximum absolute atomic E-state index is 11.7. The van der Waals surface area contributed by atoms with Crippen LogP contribution in [0.3, 0.4) is 0 Å². The van der Waals surface area contributed by atoms with Crippen molar-refractivity contribution in [2.24, 2.45) is 0 Å². The smallest absolute Gasteiger partial charge is 0.407 e. The number of hydrogen-bond donors (Lipinski definition) is 2. The number of amides is 1. The molecule has 2 unspecified atom stereocenters. The van der Waals surface area contributed by atoms with E-state index in [-0.39, 0.29) is 12.1 Å². The molecule has 5 heteroatoms. The van der Waals surface area contributed by atoms with E-state index in [1.165, 1.54) is 0 Å². The second-order valence-corrected chi connectivity index (χ2v) is 6.50. The normalized spacial score (nSPS) is 22.0. The summed E-state index contributed by atoms with van der Waals surface area (Å²) in [6, 6.07) is 0.659. The van der Waals surface area contributed by atoms with Gasteiger partial charge < -0.3 is 20.1 Å². The van der Waals surface area contributed by atoms with Crippen molar-refractivity contribution in [1.29, 1.82) is 0 Å². The van der Waals surface area contributed by atoms with E-state index in [2.05, 4.69) is 17.2 Å².